The molecule has 1 aromatic rings. The summed E-state index contributed by atoms with van der Waals surface area (Å²) < 4.78 is 0. The first kappa shape index (κ1) is 13.5. The van der Waals surface area contributed by atoms with Crippen LogP contribution in [-0.2, 0) is 4.79 Å². The highest BCUT2D eigenvalue weighted by molar-refractivity contribution is 5.95. The lowest BCUT2D eigenvalue weighted by atomic mass is 10.0. The molecule has 1 amide bonds. The highest BCUT2D eigenvalue weighted by Gasteiger charge is 2.34. The minimum Gasteiger partial charge on any atom is -0.481 e. The third kappa shape index (κ3) is 2.89. The van der Waals surface area contributed by atoms with Crippen molar-refractivity contribution < 1.29 is 14.7 Å². The van der Waals surface area contributed by atoms with E-state index in [1.54, 1.807) is 13.8 Å². The van der Waals surface area contributed by atoms with Crippen molar-refractivity contribution in [2.45, 2.75) is 39.2 Å². The molecule has 1 aromatic heterocycles. The maximum Gasteiger partial charge on any atom is 0.308 e. The van der Waals surface area contributed by atoms with E-state index in [9.17, 15) is 9.59 Å². The second-order valence-corrected chi connectivity index (χ2v) is 4.87. The molecule has 2 atom stereocenters. The fourth-order valence-corrected chi connectivity index (χ4v) is 2.48. The van der Waals surface area contributed by atoms with Gasteiger partial charge in [0, 0.05) is 12.2 Å². The summed E-state index contributed by atoms with van der Waals surface area (Å²) in [6, 6.07) is -0.300. The van der Waals surface area contributed by atoms with Gasteiger partial charge in [0.2, 0.25) is 0 Å². The SMILES string of the molecule is Cc1ncc(C(=O)N[C@@H]2CCC[C@@H]2C(=O)O)c(C)n1. The molecule has 102 valence electrons. The average Bonchev–Trinajstić information content (AvgIpc) is 2.76. The number of carbonyl (C=O) groups is 2. The van der Waals surface area contributed by atoms with E-state index in [4.69, 9.17) is 5.11 Å². The zero-order chi connectivity index (χ0) is 14.0. The van der Waals surface area contributed by atoms with Crippen LogP contribution in [0.25, 0.3) is 0 Å². The Hall–Kier alpha value is -1.98. The fourth-order valence-electron chi connectivity index (χ4n) is 2.48. The van der Waals surface area contributed by atoms with Crippen LogP contribution in [-0.4, -0.2) is 33.0 Å². The molecule has 0 bridgehead atoms. The molecule has 0 aliphatic heterocycles. The minimum absolute atomic E-state index is 0.296. The van der Waals surface area contributed by atoms with Crippen molar-refractivity contribution in [3.8, 4) is 0 Å². The predicted octanol–water partition coefficient (Wildman–Crippen LogP) is 1.08. The van der Waals surface area contributed by atoms with Gasteiger partial charge in [-0.2, -0.15) is 0 Å². The van der Waals surface area contributed by atoms with Gasteiger partial charge in [-0.05, 0) is 26.7 Å². The number of nitrogens with zero attached hydrogens (tertiary/aromatic N) is 2. The Kier molecular flexibility index (Phi) is 3.78. The summed E-state index contributed by atoms with van der Waals surface area (Å²) >= 11 is 0. The molecule has 0 unspecified atom stereocenters. The summed E-state index contributed by atoms with van der Waals surface area (Å²) in [6.07, 6.45) is 3.63. The fraction of sp³-hybridized carbons (Fsp3) is 0.538. The summed E-state index contributed by atoms with van der Waals surface area (Å²) in [7, 11) is 0. The van der Waals surface area contributed by atoms with Crippen molar-refractivity contribution in [3.63, 3.8) is 0 Å². The molecule has 1 aliphatic rings. The Morgan fingerprint density at radius 3 is 2.74 bits per heavy atom. The second kappa shape index (κ2) is 5.34. The number of carbonyl (C=O) groups excluding carboxylic acids is 1. The van der Waals surface area contributed by atoms with E-state index in [1.807, 2.05) is 0 Å². The van der Waals surface area contributed by atoms with Crippen molar-refractivity contribution >= 4 is 11.9 Å². The normalized spacial score (nSPS) is 22.2. The van der Waals surface area contributed by atoms with Crippen molar-refractivity contribution in [2.24, 2.45) is 5.92 Å². The van der Waals surface area contributed by atoms with Crippen LogP contribution in [0.1, 0.15) is 41.1 Å². The van der Waals surface area contributed by atoms with Crippen LogP contribution >= 0.6 is 0 Å². The number of rotatable bonds is 3. The molecule has 1 fully saturated rings. The van der Waals surface area contributed by atoms with Gasteiger partial charge in [-0.15, -0.1) is 0 Å². The maximum atomic E-state index is 12.1. The summed E-state index contributed by atoms with van der Waals surface area (Å²) in [5.41, 5.74) is 1.01. The lowest BCUT2D eigenvalue weighted by Crippen LogP contribution is -2.40. The van der Waals surface area contributed by atoms with Gasteiger partial charge >= 0.3 is 5.97 Å². The van der Waals surface area contributed by atoms with Crippen molar-refractivity contribution in [2.75, 3.05) is 0 Å². The average molecular weight is 263 g/mol. The van der Waals surface area contributed by atoms with E-state index >= 15 is 0 Å². The third-order valence-corrected chi connectivity index (χ3v) is 3.49. The molecular formula is C13H17N3O3. The highest BCUT2D eigenvalue weighted by atomic mass is 16.4. The molecule has 19 heavy (non-hydrogen) atoms. The van der Waals surface area contributed by atoms with Crippen molar-refractivity contribution in [3.05, 3.63) is 23.3 Å². The lowest BCUT2D eigenvalue weighted by Gasteiger charge is -2.17. The van der Waals surface area contributed by atoms with Crippen LogP contribution in [0.15, 0.2) is 6.20 Å². The predicted molar refractivity (Wildman–Crippen MR) is 67.7 cm³/mol. The monoisotopic (exact) mass is 263 g/mol. The lowest BCUT2D eigenvalue weighted by molar-refractivity contribution is -0.142. The first-order chi connectivity index (χ1) is 8.99. The van der Waals surface area contributed by atoms with Gasteiger partial charge in [0.05, 0.1) is 17.2 Å². The van der Waals surface area contributed by atoms with E-state index in [-0.39, 0.29) is 11.9 Å². The van der Waals surface area contributed by atoms with Crippen LogP contribution in [0.3, 0.4) is 0 Å². The number of nitrogens with one attached hydrogen (secondary N) is 1. The number of aromatic nitrogens is 2. The number of hydrogen-bond acceptors (Lipinski definition) is 4. The van der Waals surface area contributed by atoms with E-state index in [0.717, 1.165) is 6.42 Å². The van der Waals surface area contributed by atoms with Gasteiger partial charge in [0.25, 0.3) is 5.91 Å². The molecule has 0 radical (unpaired) electrons. The van der Waals surface area contributed by atoms with Gasteiger partial charge in [-0.25, -0.2) is 9.97 Å². The van der Waals surface area contributed by atoms with Crippen LogP contribution in [0.2, 0.25) is 0 Å². The molecule has 6 nitrogen and oxygen atoms in total. The standard InChI is InChI=1S/C13H17N3O3/c1-7-10(6-14-8(2)15-7)12(17)16-11-5-3-4-9(11)13(18)19/h6,9,11H,3-5H2,1-2H3,(H,16,17)(H,18,19)/t9-,11+/m0/s1. The summed E-state index contributed by atoms with van der Waals surface area (Å²) in [6.45, 7) is 3.50. The summed E-state index contributed by atoms with van der Waals surface area (Å²) in [5.74, 6) is -1.02. The van der Waals surface area contributed by atoms with Gasteiger partial charge in [-0.3, -0.25) is 9.59 Å². The molecule has 2 N–H and O–H groups in total. The van der Waals surface area contributed by atoms with Crippen LogP contribution < -0.4 is 5.32 Å². The number of hydrogen-bond donors (Lipinski definition) is 2. The minimum atomic E-state index is -0.848. The van der Waals surface area contributed by atoms with Gasteiger partial charge in [0.1, 0.15) is 5.82 Å². The largest absolute Gasteiger partial charge is 0.481 e. The van der Waals surface area contributed by atoms with Crippen molar-refractivity contribution in [1.82, 2.24) is 15.3 Å². The number of carboxylic acids is 1. The van der Waals surface area contributed by atoms with Gasteiger partial charge < -0.3 is 10.4 Å². The van der Waals surface area contributed by atoms with Gasteiger partial charge in [0.15, 0.2) is 0 Å². The molecule has 0 spiro atoms. The zero-order valence-electron chi connectivity index (χ0n) is 11.0. The molecular weight excluding hydrogens is 246 g/mol. The van der Waals surface area contributed by atoms with E-state index in [0.29, 0.717) is 29.9 Å². The summed E-state index contributed by atoms with van der Waals surface area (Å²) in [4.78, 5) is 31.3. The Bertz CT molecular complexity index is 516. The maximum absolute atomic E-state index is 12.1. The van der Waals surface area contributed by atoms with Crippen LogP contribution in [0, 0.1) is 19.8 Å². The molecule has 1 heterocycles. The second-order valence-electron chi connectivity index (χ2n) is 4.87. The molecule has 2 rings (SSSR count). The third-order valence-electron chi connectivity index (χ3n) is 3.49. The Morgan fingerprint density at radius 2 is 2.11 bits per heavy atom. The highest BCUT2D eigenvalue weighted by Crippen LogP contribution is 2.26. The number of aliphatic carboxylic acids is 1. The molecule has 1 saturated carbocycles. The zero-order valence-corrected chi connectivity index (χ0v) is 11.0. The molecule has 1 aliphatic carbocycles. The smallest absolute Gasteiger partial charge is 0.308 e. The number of carboxylic acid groups (broad SMARTS) is 1. The van der Waals surface area contributed by atoms with E-state index < -0.39 is 11.9 Å². The number of amides is 1. The Balaban J connectivity index is 2.10. The van der Waals surface area contributed by atoms with Crippen LogP contribution in [0.4, 0.5) is 0 Å². The van der Waals surface area contributed by atoms with Crippen LogP contribution in [0.5, 0.6) is 0 Å². The van der Waals surface area contributed by atoms with E-state index in [1.165, 1.54) is 6.20 Å². The summed E-state index contributed by atoms with van der Waals surface area (Å²) in [5, 5.41) is 11.9. The molecule has 0 aromatic carbocycles. The first-order valence-electron chi connectivity index (χ1n) is 6.33. The quantitative estimate of drug-likeness (QED) is 0.851. The first-order valence-corrected chi connectivity index (χ1v) is 6.33. The Labute approximate surface area is 111 Å². The molecule has 6 heteroatoms. The number of aryl methyl sites for hydroxylation is 2. The topological polar surface area (TPSA) is 92.2 Å². The Morgan fingerprint density at radius 1 is 1.37 bits per heavy atom. The van der Waals surface area contributed by atoms with E-state index in [2.05, 4.69) is 15.3 Å². The van der Waals surface area contributed by atoms with Crippen molar-refractivity contribution in [1.29, 1.82) is 0 Å². The van der Waals surface area contributed by atoms with Gasteiger partial charge in [-0.1, -0.05) is 6.42 Å². The molecule has 0 saturated heterocycles.